The number of carbonyl (C=O) groups excluding carboxylic acids is 1. The maximum absolute atomic E-state index is 11.6. The summed E-state index contributed by atoms with van der Waals surface area (Å²) in [5.74, 6) is 0.584. The normalized spacial score (nSPS) is 10.6. The van der Waals surface area contributed by atoms with Gasteiger partial charge in [0, 0.05) is 19.6 Å². The Bertz CT molecular complexity index is 389. The minimum absolute atomic E-state index is 0.0419. The first kappa shape index (κ1) is 16.5. The maximum atomic E-state index is 11.6. The Labute approximate surface area is 121 Å². The second-order valence-corrected chi connectivity index (χ2v) is 4.51. The van der Waals surface area contributed by atoms with Crippen LogP contribution in [0.4, 0.5) is 0 Å². The predicted molar refractivity (Wildman–Crippen MR) is 80.6 cm³/mol. The van der Waals surface area contributed by atoms with Crippen LogP contribution in [-0.2, 0) is 11.3 Å². The van der Waals surface area contributed by atoms with E-state index in [2.05, 4.69) is 24.1 Å². The molecule has 112 valence electrons. The first-order valence-electron chi connectivity index (χ1n) is 7.10. The molecule has 0 unspecified atom stereocenters. The standard InChI is InChI=1S/C15H25N3O2/c1-3-18(4-2)10-9-17-15(19)12-20-14-7-5-13(11-16)6-8-14/h5-8H,3-4,9-12,16H2,1-2H3,(H,17,19). The zero-order valence-electron chi connectivity index (χ0n) is 12.4. The molecule has 0 radical (unpaired) electrons. The topological polar surface area (TPSA) is 67.6 Å². The van der Waals surface area contributed by atoms with Crippen molar-refractivity contribution in [3.8, 4) is 5.75 Å². The third-order valence-electron chi connectivity index (χ3n) is 3.17. The summed E-state index contributed by atoms with van der Waals surface area (Å²) in [4.78, 5) is 13.9. The molecule has 0 heterocycles. The molecule has 0 aliphatic rings. The lowest BCUT2D eigenvalue weighted by Crippen LogP contribution is -2.36. The first-order chi connectivity index (χ1) is 9.69. The molecule has 20 heavy (non-hydrogen) atoms. The van der Waals surface area contributed by atoms with Gasteiger partial charge in [-0.05, 0) is 30.8 Å². The smallest absolute Gasteiger partial charge is 0.257 e. The van der Waals surface area contributed by atoms with Gasteiger partial charge >= 0.3 is 0 Å². The number of hydrogen-bond acceptors (Lipinski definition) is 4. The maximum Gasteiger partial charge on any atom is 0.257 e. The molecule has 5 nitrogen and oxygen atoms in total. The lowest BCUT2D eigenvalue weighted by molar-refractivity contribution is -0.123. The van der Waals surface area contributed by atoms with Crippen LogP contribution in [0.3, 0.4) is 0 Å². The van der Waals surface area contributed by atoms with Crippen LogP contribution in [0.1, 0.15) is 19.4 Å². The zero-order chi connectivity index (χ0) is 14.8. The van der Waals surface area contributed by atoms with Gasteiger partial charge in [0.05, 0.1) is 0 Å². The van der Waals surface area contributed by atoms with Crippen LogP contribution >= 0.6 is 0 Å². The molecule has 5 heteroatoms. The third-order valence-corrected chi connectivity index (χ3v) is 3.17. The number of hydrogen-bond donors (Lipinski definition) is 2. The molecule has 0 saturated heterocycles. The lowest BCUT2D eigenvalue weighted by Gasteiger charge is -2.17. The van der Waals surface area contributed by atoms with Crippen LogP contribution < -0.4 is 15.8 Å². The van der Waals surface area contributed by atoms with E-state index in [-0.39, 0.29) is 12.5 Å². The average Bonchev–Trinajstić information content (AvgIpc) is 2.50. The number of benzene rings is 1. The molecule has 1 amide bonds. The van der Waals surface area contributed by atoms with Crippen molar-refractivity contribution >= 4 is 5.91 Å². The summed E-state index contributed by atoms with van der Waals surface area (Å²) in [6.07, 6.45) is 0. The Balaban J connectivity index is 2.22. The number of ether oxygens (including phenoxy) is 1. The van der Waals surface area contributed by atoms with Gasteiger partial charge in [-0.3, -0.25) is 4.79 Å². The highest BCUT2D eigenvalue weighted by atomic mass is 16.5. The van der Waals surface area contributed by atoms with Gasteiger partial charge in [0.1, 0.15) is 5.75 Å². The highest BCUT2D eigenvalue weighted by Gasteiger charge is 2.04. The van der Waals surface area contributed by atoms with Crippen LogP contribution in [-0.4, -0.2) is 43.6 Å². The number of likely N-dealkylation sites (N-methyl/N-ethyl adjacent to an activating group) is 1. The van der Waals surface area contributed by atoms with E-state index in [0.29, 0.717) is 18.8 Å². The van der Waals surface area contributed by atoms with Crippen molar-refractivity contribution < 1.29 is 9.53 Å². The van der Waals surface area contributed by atoms with Gasteiger partial charge in [-0.25, -0.2) is 0 Å². The van der Waals surface area contributed by atoms with E-state index >= 15 is 0 Å². The van der Waals surface area contributed by atoms with Gasteiger partial charge in [-0.15, -0.1) is 0 Å². The fourth-order valence-corrected chi connectivity index (χ4v) is 1.81. The lowest BCUT2D eigenvalue weighted by atomic mass is 10.2. The van der Waals surface area contributed by atoms with Crippen molar-refractivity contribution in [2.24, 2.45) is 5.73 Å². The van der Waals surface area contributed by atoms with E-state index in [1.165, 1.54) is 0 Å². The van der Waals surface area contributed by atoms with Crippen LogP contribution in [0.5, 0.6) is 5.75 Å². The highest BCUT2D eigenvalue weighted by Crippen LogP contribution is 2.11. The summed E-state index contributed by atoms with van der Waals surface area (Å²) in [6.45, 7) is 8.28. The molecule has 1 aromatic carbocycles. The van der Waals surface area contributed by atoms with Crippen LogP contribution in [0.15, 0.2) is 24.3 Å². The average molecular weight is 279 g/mol. The molecule has 3 N–H and O–H groups in total. The fraction of sp³-hybridized carbons (Fsp3) is 0.533. The monoisotopic (exact) mass is 279 g/mol. The molecule has 0 saturated carbocycles. The number of carbonyl (C=O) groups is 1. The number of nitrogens with one attached hydrogen (secondary N) is 1. The van der Waals surface area contributed by atoms with E-state index in [1.54, 1.807) is 0 Å². The molecular weight excluding hydrogens is 254 g/mol. The van der Waals surface area contributed by atoms with Crippen molar-refractivity contribution in [3.05, 3.63) is 29.8 Å². The number of rotatable bonds is 9. The Kier molecular flexibility index (Phi) is 7.69. The van der Waals surface area contributed by atoms with Gasteiger partial charge < -0.3 is 20.7 Å². The summed E-state index contributed by atoms with van der Waals surface area (Å²) in [5.41, 5.74) is 6.56. The van der Waals surface area contributed by atoms with E-state index in [4.69, 9.17) is 10.5 Å². The van der Waals surface area contributed by atoms with Crippen LogP contribution in [0, 0.1) is 0 Å². The van der Waals surface area contributed by atoms with E-state index in [9.17, 15) is 4.79 Å². The summed E-state index contributed by atoms with van der Waals surface area (Å²) in [6, 6.07) is 7.44. The minimum atomic E-state index is -0.0972. The molecule has 1 aromatic rings. The van der Waals surface area contributed by atoms with Gasteiger partial charge in [-0.2, -0.15) is 0 Å². The molecule has 0 atom stereocenters. The Morgan fingerprint density at radius 3 is 2.45 bits per heavy atom. The van der Waals surface area contributed by atoms with Crippen molar-refractivity contribution in [1.82, 2.24) is 10.2 Å². The number of amides is 1. The molecule has 0 spiro atoms. The summed E-state index contributed by atoms with van der Waals surface area (Å²) >= 11 is 0. The van der Waals surface area contributed by atoms with Gasteiger partial charge in [-0.1, -0.05) is 26.0 Å². The molecule has 0 aliphatic carbocycles. The SMILES string of the molecule is CCN(CC)CCNC(=O)COc1ccc(CN)cc1. The van der Waals surface area contributed by atoms with Gasteiger partial charge in [0.15, 0.2) is 6.61 Å². The van der Waals surface area contributed by atoms with Crippen molar-refractivity contribution in [1.29, 1.82) is 0 Å². The number of nitrogens with zero attached hydrogens (tertiary/aromatic N) is 1. The Hall–Kier alpha value is -1.59. The van der Waals surface area contributed by atoms with Crippen LogP contribution in [0.2, 0.25) is 0 Å². The van der Waals surface area contributed by atoms with E-state index < -0.39 is 0 Å². The van der Waals surface area contributed by atoms with Crippen molar-refractivity contribution in [3.63, 3.8) is 0 Å². The van der Waals surface area contributed by atoms with Crippen molar-refractivity contribution in [2.75, 3.05) is 32.8 Å². The summed E-state index contributed by atoms with van der Waals surface area (Å²) < 4.78 is 5.41. The second-order valence-electron chi connectivity index (χ2n) is 4.51. The third kappa shape index (κ3) is 6.04. The molecular formula is C15H25N3O2. The predicted octanol–water partition coefficient (Wildman–Crippen LogP) is 0.982. The second kappa shape index (κ2) is 9.34. The highest BCUT2D eigenvalue weighted by molar-refractivity contribution is 5.77. The first-order valence-corrected chi connectivity index (χ1v) is 7.10. The Morgan fingerprint density at radius 2 is 1.90 bits per heavy atom. The van der Waals surface area contributed by atoms with Crippen LogP contribution in [0.25, 0.3) is 0 Å². The van der Waals surface area contributed by atoms with Gasteiger partial charge in [0.25, 0.3) is 5.91 Å². The molecule has 0 fully saturated rings. The summed E-state index contributed by atoms with van der Waals surface area (Å²) in [5, 5.41) is 2.85. The number of nitrogens with two attached hydrogens (primary N) is 1. The molecule has 0 aromatic heterocycles. The largest absolute Gasteiger partial charge is 0.484 e. The molecule has 0 aliphatic heterocycles. The molecule has 0 bridgehead atoms. The van der Waals surface area contributed by atoms with Gasteiger partial charge in [0.2, 0.25) is 0 Å². The zero-order valence-corrected chi connectivity index (χ0v) is 12.4. The Morgan fingerprint density at radius 1 is 1.25 bits per heavy atom. The minimum Gasteiger partial charge on any atom is -0.484 e. The van der Waals surface area contributed by atoms with E-state index in [0.717, 1.165) is 25.2 Å². The fourth-order valence-electron chi connectivity index (χ4n) is 1.81. The molecule has 1 rings (SSSR count). The van der Waals surface area contributed by atoms with Crippen molar-refractivity contribution in [2.45, 2.75) is 20.4 Å². The quantitative estimate of drug-likeness (QED) is 0.707. The van der Waals surface area contributed by atoms with E-state index in [1.807, 2.05) is 24.3 Å². The summed E-state index contributed by atoms with van der Waals surface area (Å²) in [7, 11) is 0.